The highest BCUT2D eigenvalue weighted by Crippen LogP contribution is 2.31. The topological polar surface area (TPSA) is 39.3 Å². The van der Waals surface area contributed by atoms with Gasteiger partial charge in [-0.25, -0.2) is 4.98 Å². The Bertz CT molecular complexity index is 1180. The van der Waals surface area contributed by atoms with Gasteiger partial charge in [-0.3, -0.25) is 9.20 Å². The van der Waals surface area contributed by atoms with Crippen molar-refractivity contribution in [3.05, 3.63) is 80.8 Å². The Hall–Kier alpha value is -2.58. The van der Waals surface area contributed by atoms with Gasteiger partial charge < -0.3 is 4.57 Å². The molecule has 9 heteroatoms. The van der Waals surface area contributed by atoms with Crippen LogP contribution in [-0.2, 0) is 12.7 Å². The minimum atomic E-state index is -4.60. The van der Waals surface area contributed by atoms with Crippen LogP contribution in [0.3, 0.4) is 0 Å². The minimum absolute atomic E-state index is 0.0927. The third kappa shape index (κ3) is 3.26. The van der Waals surface area contributed by atoms with Gasteiger partial charge in [-0.1, -0.05) is 41.9 Å². The van der Waals surface area contributed by atoms with Crippen LogP contribution in [0.15, 0.2) is 59.0 Å². The molecule has 0 aliphatic heterocycles. The Balaban J connectivity index is 1.89. The van der Waals surface area contributed by atoms with Gasteiger partial charge in [0.1, 0.15) is 5.02 Å². The highest BCUT2D eigenvalue weighted by atomic mass is 35.5. The van der Waals surface area contributed by atoms with Crippen LogP contribution in [0.5, 0.6) is 0 Å². The van der Waals surface area contributed by atoms with Gasteiger partial charge in [0.05, 0.1) is 23.5 Å². The molecule has 0 amide bonds. The molecule has 1 aromatic carbocycles. The maximum absolute atomic E-state index is 13.1. The number of nitrogens with zero attached hydrogens (tertiary/aromatic N) is 3. The van der Waals surface area contributed by atoms with E-state index in [4.69, 9.17) is 11.6 Å². The summed E-state index contributed by atoms with van der Waals surface area (Å²) >= 11 is 7.17. The van der Waals surface area contributed by atoms with Crippen LogP contribution < -0.4 is 5.56 Å². The number of pyridine rings is 1. The summed E-state index contributed by atoms with van der Waals surface area (Å²) in [5, 5.41) is 1.35. The molecule has 0 aliphatic rings. The van der Waals surface area contributed by atoms with Crippen LogP contribution in [0.4, 0.5) is 13.2 Å². The van der Waals surface area contributed by atoms with E-state index in [9.17, 15) is 18.0 Å². The maximum Gasteiger partial charge on any atom is 0.417 e. The predicted octanol–water partition coefficient (Wildman–Crippen LogP) is 4.95. The normalized spacial score (nSPS) is 12.0. The van der Waals surface area contributed by atoms with Gasteiger partial charge in [0.2, 0.25) is 0 Å². The van der Waals surface area contributed by atoms with Gasteiger partial charge in [0.25, 0.3) is 5.56 Å². The number of thiazole rings is 1. The molecule has 4 nitrogen and oxygen atoms in total. The van der Waals surface area contributed by atoms with E-state index in [1.165, 1.54) is 11.3 Å². The number of benzene rings is 1. The largest absolute Gasteiger partial charge is 0.417 e. The zero-order chi connectivity index (χ0) is 19.2. The second kappa shape index (κ2) is 6.54. The van der Waals surface area contributed by atoms with E-state index in [0.717, 1.165) is 16.3 Å². The Labute approximate surface area is 160 Å². The Kier molecular flexibility index (Phi) is 4.32. The van der Waals surface area contributed by atoms with Crippen molar-refractivity contribution in [2.45, 2.75) is 12.7 Å². The third-order valence-electron chi connectivity index (χ3n) is 4.10. The molecule has 138 valence electrons. The fourth-order valence-corrected chi connectivity index (χ4v) is 3.80. The molecule has 0 fully saturated rings. The summed E-state index contributed by atoms with van der Waals surface area (Å²) in [6, 6.07) is 9.92. The molecule has 0 saturated carbocycles. The van der Waals surface area contributed by atoms with Crippen LogP contribution in [0.1, 0.15) is 11.3 Å². The molecule has 27 heavy (non-hydrogen) atoms. The Morgan fingerprint density at radius 2 is 1.93 bits per heavy atom. The number of halogens is 4. The average Bonchev–Trinajstić information content (AvgIpc) is 3.21. The maximum atomic E-state index is 13.1. The predicted molar refractivity (Wildman–Crippen MR) is 98.3 cm³/mol. The molecule has 0 saturated heterocycles. The van der Waals surface area contributed by atoms with Crippen molar-refractivity contribution in [3.63, 3.8) is 0 Å². The van der Waals surface area contributed by atoms with E-state index in [1.54, 1.807) is 10.6 Å². The smallest absolute Gasteiger partial charge is 0.308 e. The van der Waals surface area contributed by atoms with Gasteiger partial charge in [-0.15, -0.1) is 11.3 Å². The molecule has 4 rings (SSSR count). The number of imidazole rings is 1. The summed E-state index contributed by atoms with van der Waals surface area (Å²) < 4.78 is 42.1. The summed E-state index contributed by atoms with van der Waals surface area (Å²) in [5.74, 6) is 0. The van der Waals surface area contributed by atoms with Crippen LogP contribution in [0.25, 0.3) is 16.2 Å². The lowest BCUT2D eigenvalue weighted by molar-refractivity contribution is -0.138. The highest BCUT2D eigenvalue weighted by Gasteiger charge is 2.32. The number of aromatic nitrogens is 3. The molecular weight excluding hydrogens is 399 g/mol. The average molecular weight is 410 g/mol. The fraction of sp³-hybridized carbons (Fsp3) is 0.111. The summed E-state index contributed by atoms with van der Waals surface area (Å²) in [6.45, 7) is -0.0927. The van der Waals surface area contributed by atoms with Gasteiger partial charge in [-0.05, 0) is 6.07 Å². The van der Waals surface area contributed by atoms with Crippen LogP contribution in [0.2, 0.25) is 5.02 Å². The first-order chi connectivity index (χ1) is 12.8. The van der Waals surface area contributed by atoms with E-state index in [0.29, 0.717) is 22.4 Å². The molecule has 0 spiro atoms. The molecule has 3 aromatic heterocycles. The lowest BCUT2D eigenvalue weighted by Gasteiger charge is -2.12. The van der Waals surface area contributed by atoms with Crippen molar-refractivity contribution < 1.29 is 13.2 Å². The monoisotopic (exact) mass is 409 g/mol. The van der Waals surface area contributed by atoms with Crippen molar-refractivity contribution in [2.75, 3.05) is 0 Å². The molecular formula is C18H11ClF3N3OS. The summed E-state index contributed by atoms with van der Waals surface area (Å²) in [7, 11) is 0. The lowest BCUT2D eigenvalue weighted by atomic mass is 10.1. The first kappa shape index (κ1) is 17.8. The van der Waals surface area contributed by atoms with Crippen molar-refractivity contribution in [3.8, 4) is 11.3 Å². The van der Waals surface area contributed by atoms with E-state index in [1.807, 2.05) is 35.7 Å². The van der Waals surface area contributed by atoms with Crippen molar-refractivity contribution in [1.82, 2.24) is 14.0 Å². The third-order valence-corrected chi connectivity index (χ3v) is 5.13. The second-order valence-corrected chi connectivity index (χ2v) is 7.12. The first-order valence-corrected chi connectivity index (χ1v) is 9.07. The van der Waals surface area contributed by atoms with Crippen LogP contribution in [0, 0.1) is 0 Å². The molecule has 0 N–H and O–H groups in total. The van der Waals surface area contributed by atoms with Crippen molar-refractivity contribution in [1.29, 1.82) is 0 Å². The zero-order valence-corrected chi connectivity index (χ0v) is 15.1. The summed E-state index contributed by atoms with van der Waals surface area (Å²) in [6.07, 6.45) is -2.04. The van der Waals surface area contributed by atoms with E-state index in [2.05, 4.69) is 4.98 Å². The summed E-state index contributed by atoms with van der Waals surface area (Å²) in [5.41, 5.74) is 0.376. The standard InChI is InChI=1S/C18H11ClF3N3OS/c19-13-8-12(18(20,21)22)9-24(16(13)26)10-14-15(11-4-2-1-3-5-11)23-17-25(14)6-7-27-17/h1-9H,10H2. The number of rotatable bonds is 3. The number of hydrogen-bond donors (Lipinski definition) is 0. The first-order valence-electron chi connectivity index (χ1n) is 7.81. The minimum Gasteiger partial charge on any atom is -0.308 e. The lowest BCUT2D eigenvalue weighted by Crippen LogP contribution is -2.24. The zero-order valence-electron chi connectivity index (χ0n) is 13.6. The van der Waals surface area contributed by atoms with Gasteiger partial charge in [0, 0.05) is 23.3 Å². The Morgan fingerprint density at radius 3 is 2.63 bits per heavy atom. The van der Waals surface area contributed by atoms with Crippen molar-refractivity contribution >= 4 is 27.9 Å². The van der Waals surface area contributed by atoms with E-state index < -0.39 is 22.3 Å². The Morgan fingerprint density at radius 1 is 1.19 bits per heavy atom. The molecule has 0 bridgehead atoms. The second-order valence-electron chi connectivity index (χ2n) is 5.84. The molecule has 4 aromatic rings. The highest BCUT2D eigenvalue weighted by molar-refractivity contribution is 7.15. The van der Waals surface area contributed by atoms with Crippen molar-refractivity contribution in [2.24, 2.45) is 0 Å². The SMILES string of the molecule is O=c1c(Cl)cc(C(F)(F)F)cn1Cc1c(-c2ccccc2)nc2sccn12. The van der Waals surface area contributed by atoms with Gasteiger partial charge >= 0.3 is 6.18 Å². The number of fused-ring (bicyclic) bond motifs is 1. The van der Waals surface area contributed by atoms with Crippen LogP contribution >= 0.6 is 22.9 Å². The van der Waals surface area contributed by atoms with Gasteiger partial charge in [0.15, 0.2) is 4.96 Å². The van der Waals surface area contributed by atoms with E-state index >= 15 is 0 Å². The fourth-order valence-electron chi connectivity index (χ4n) is 2.84. The molecule has 0 aliphatic carbocycles. The van der Waals surface area contributed by atoms with Crippen LogP contribution in [-0.4, -0.2) is 14.0 Å². The molecule has 0 atom stereocenters. The van der Waals surface area contributed by atoms with E-state index in [-0.39, 0.29) is 6.54 Å². The molecule has 0 radical (unpaired) electrons. The number of alkyl halides is 3. The molecule has 3 heterocycles. The molecule has 0 unspecified atom stereocenters. The quantitative estimate of drug-likeness (QED) is 0.480. The number of hydrogen-bond acceptors (Lipinski definition) is 3. The van der Waals surface area contributed by atoms with Gasteiger partial charge in [-0.2, -0.15) is 13.2 Å². The summed E-state index contributed by atoms with van der Waals surface area (Å²) in [4.78, 5) is 17.6.